The third kappa shape index (κ3) is 2.64. The van der Waals surface area contributed by atoms with Crippen molar-refractivity contribution >= 4 is 17.6 Å². The van der Waals surface area contributed by atoms with Gasteiger partial charge in [0.1, 0.15) is 5.82 Å². The number of anilines is 1. The first-order chi connectivity index (χ1) is 8.76. The third-order valence-corrected chi connectivity index (χ3v) is 5.27. The van der Waals surface area contributed by atoms with E-state index in [0.717, 1.165) is 13.0 Å². The van der Waals surface area contributed by atoms with E-state index in [2.05, 4.69) is 11.1 Å². The molecule has 1 aromatic rings. The Morgan fingerprint density at radius 2 is 2.17 bits per heavy atom. The van der Waals surface area contributed by atoms with Gasteiger partial charge in [0, 0.05) is 22.9 Å². The van der Waals surface area contributed by atoms with Crippen LogP contribution >= 0.6 is 11.8 Å². The molecule has 3 rings (SSSR count). The maximum atomic E-state index is 6.06. The van der Waals surface area contributed by atoms with Gasteiger partial charge in [0.05, 0.1) is 5.60 Å². The summed E-state index contributed by atoms with van der Waals surface area (Å²) in [6, 6.07) is 3.96. The monoisotopic (exact) mass is 264 g/mol. The van der Waals surface area contributed by atoms with Gasteiger partial charge in [-0.2, -0.15) is 0 Å². The quantitative estimate of drug-likeness (QED) is 0.890. The van der Waals surface area contributed by atoms with E-state index < -0.39 is 0 Å². The summed E-state index contributed by atoms with van der Waals surface area (Å²) in [5.41, 5.74) is 5.82. The average Bonchev–Trinajstić information content (AvgIpc) is 2.80. The second kappa shape index (κ2) is 5.10. The molecule has 1 atom stereocenters. The second-order valence-electron chi connectivity index (χ2n) is 5.39. The van der Waals surface area contributed by atoms with Crippen molar-refractivity contribution in [2.24, 2.45) is 0 Å². The Kier molecular flexibility index (Phi) is 3.48. The number of pyridine rings is 1. The van der Waals surface area contributed by atoms with Crippen molar-refractivity contribution in [3.63, 3.8) is 0 Å². The molecule has 1 aromatic heterocycles. The van der Waals surface area contributed by atoms with Gasteiger partial charge in [0.25, 0.3) is 0 Å². The van der Waals surface area contributed by atoms with Crippen molar-refractivity contribution in [3.8, 4) is 0 Å². The van der Waals surface area contributed by atoms with E-state index in [9.17, 15) is 0 Å². The fraction of sp³-hybridized carbons (Fsp3) is 0.643. The fourth-order valence-corrected chi connectivity index (χ4v) is 4.35. The number of rotatable bonds is 2. The minimum Gasteiger partial charge on any atom is -0.384 e. The van der Waals surface area contributed by atoms with Crippen LogP contribution in [0.2, 0.25) is 0 Å². The summed E-state index contributed by atoms with van der Waals surface area (Å²) in [5, 5.41) is 0.669. The second-order valence-corrected chi connectivity index (χ2v) is 6.76. The van der Waals surface area contributed by atoms with Gasteiger partial charge in [-0.15, -0.1) is 11.8 Å². The highest BCUT2D eigenvalue weighted by molar-refractivity contribution is 8.00. The molecular weight excluding hydrogens is 244 g/mol. The molecule has 0 bridgehead atoms. The maximum absolute atomic E-state index is 6.06. The lowest BCUT2D eigenvalue weighted by molar-refractivity contribution is -0.0704. The smallest absolute Gasteiger partial charge is 0.123 e. The lowest BCUT2D eigenvalue weighted by Gasteiger charge is -2.38. The van der Waals surface area contributed by atoms with Gasteiger partial charge >= 0.3 is 0 Å². The summed E-state index contributed by atoms with van der Waals surface area (Å²) >= 11 is 1.94. The molecule has 1 saturated heterocycles. The number of nitrogen functional groups attached to an aromatic ring is 1. The minimum absolute atomic E-state index is 0.206. The zero-order valence-electron chi connectivity index (χ0n) is 10.6. The van der Waals surface area contributed by atoms with E-state index in [1.54, 1.807) is 0 Å². The van der Waals surface area contributed by atoms with Crippen molar-refractivity contribution in [1.82, 2.24) is 4.98 Å². The molecule has 0 aromatic carbocycles. The lowest BCUT2D eigenvalue weighted by atomic mass is 9.92. The average molecular weight is 264 g/mol. The van der Waals surface area contributed by atoms with Crippen molar-refractivity contribution in [2.75, 3.05) is 12.3 Å². The SMILES string of the molecule is Nc1ccc(SC2CCOC3(CCCC3)C2)cn1. The molecule has 1 aliphatic carbocycles. The van der Waals surface area contributed by atoms with Crippen molar-refractivity contribution in [2.45, 2.75) is 54.3 Å². The molecule has 1 spiro atoms. The summed E-state index contributed by atoms with van der Waals surface area (Å²) in [4.78, 5) is 5.39. The van der Waals surface area contributed by atoms with Crippen LogP contribution in [0.4, 0.5) is 5.82 Å². The highest BCUT2D eigenvalue weighted by Gasteiger charge is 2.40. The molecule has 18 heavy (non-hydrogen) atoms. The molecule has 98 valence electrons. The number of nitrogens with two attached hydrogens (primary N) is 1. The predicted octanol–water partition coefficient (Wildman–Crippen LogP) is 3.25. The summed E-state index contributed by atoms with van der Waals surface area (Å²) in [6.07, 6.45) is 9.41. The van der Waals surface area contributed by atoms with Gasteiger partial charge in [0.15, 0.2) is 0 Å². The molecule has 0 radical (unpaired) electrons. The van der Waals surface area contributed by atoms with Crippen molar-refractivity contribution in [1.29, 1.82) is 0 Å². The number of nitrogens with zero attached hydrogens (tertiary/aromatic N) is 1. The van der Waals surface area contributed by atoms with Gasteiger partial charge in [0.2, 0.25) is 0 Å². The van der Waals surface area contributed by atoms with Gasteiger partial charge in [-0.3, -0.25) is 0 Å². The standard InChI is InChI=1S/C14H20N2OS/c15-13-4-3-12(10-16-13)18-11-5-8-17-14(9-11)6-1-2-7-14/h3-4,10-11H,1-2,5-9H2,(H2,15,16). The largest absolute Gasteiger partial charge is 0.384 e. The summed E-state index contributed by atoms with van der Waals surface area (Å²) < 4.78 is 6.06. The highest BCUT2D eigenvalue weighted by atomic mass is 32.2. The predicted molar refractivity (Wildman–Crippen MR) is 74.7 cm³/mol. The molecular formula is C14H20N2OS. The zero-order valence-corrected chi connectivity index (χ0v) is 11.4. The third-order valence-electron chi connectivity index (χ3n) is 4.02. The van der Waals surface area contributed by atoms with Gasteiger partial charge in [-0.05, 0) is 37.8 Å². The number of hydrogen-bond donors (Lipinski definition) is 1. The zero-order chi connectivity index (χ0) is 12.4. The Morgan fingerprint density at radius 1 is 1.33 bits per heavy atom. The van der Waals surface area contributed by atoms with E-state index in [0.29, 0.717) is 11.1 Å². The molecule has 1 unspecified atom stereocenters. The van der Waals surface area contributed by atoms with E-state index in [-0.39, 0.29) is 5.60 Å². The van der Waals surface area contributed by atoms with Crippen LogP contribution in [-0.2, 0) is 4.74 Å². The maximum Gasteiger partial charge on any atom is 0.123 e. The van der Waals surface area contributed by atoms with Crippen LogP contribution in [0.1, 0.15) is 38.5 Å². The molecule has 2 N–H and O–H groups in total. The van der Waals surface area contributed by atoms with Crippen LogP contribution in [0.15, 0.2) is 23.2 Å². The normalized spacial score (nSPS) is 26.6. The number of ether oxygens (including phenoxy) is 1. The molecule has 3 nitrogen and oxygen atoms in total. The Morgan fingerprint density at radius 3 is 2.89 bits per heavy atom. The van der Waals surface area contributed by atoms with E-state index >= 15 is 0 Å². The van der Waals surface area contributed by atoms with E-state index in [4.69, 9.17) is 10.5 Å². The van der Waals surface area contributed by atoms with Gasteiger partial charge < -0.3 is 10.5 Å². The van der Waals surface area contributed by atoms with Crippen LogP contribution in [0.25, 0.3) is 0 Å². The van der Waals surface area contributed by atoms with Gasteiger partial charge in [-0.25, -0.2) is 4.98 Å². The highest BCUT2D eigenvalue weighted by Crippen LogP contribution is 2.44. The van der Waals surface area contributed by atoms with Crippen LogP contribution < -0.4 is 5.73 Å². The fourth-order valence-electron chi connectivity index (χ4n) is 3.11. The molecule has 1 aliphatic heterocycles. The Bertz CT molecular complexity index is 401. The number of aromatic nitrogens is 1. The Labute approximate surface area is 113 Å². The summed E-state index contributed by atoms with van der Waals surface area (Å²) in [7, 11) is 0. The number of thioether (sulfide) groups is 1. The Balaban J connectivity index is 1.64. The minimum atomic E-state index is 0.206. The summed E-state index contributed by atoms with van der Waals surface area (Å²) in [5.74, 6) is 0.596. The van der Waals surface area contributed by atoms with Gasteiger partial charge in [-0.1, -0.05) is 12.8 Å². The molecule has 2 heterocycles. The summed E-state index contributed by atoms with van der Waals surface area (Å²) in [6.45, 7) is 0.917. The van der Waals surface area contributed by atoms with Crippen molar-refractivity contribution < 1.29 is 4.74 Å². The molecule has 1 saturated carbocycles. The molecule has 4 heteroatoms. The van der Waals surface area contributed by atoms with E-state index in [1.165, 1.54) is 37.0 Å². The van der Waals surface area contributed by atoms with Crippen LogP contribution in [-0.4, -0.2) is 22.4 Å². The molecule has 0 amide bonds. The van der Waals surface area contributed by atoms with E-state index in [1.807, 2.05) is 24.0 Å². The first-order valence-corrected chi connectivity index (χ1v) is 7.66. The first-order valence-electron chi connectivity index (χ1n) is 6.78. The lowest BCUT2D eigenvalue weighted by Crippen LogP contribution is -2.38. The van der Waals surface area contributed by atoms with Crippen LogP contribution in [0.3, 0.4) is 0 Å². The number of hydrogen-bond acceptors (Lipinski definition) is 4. The van der Waals surface area contributed by atoms with Crippen LogP contribution in [0, 0.1) is 0 Å². The van der Waals surface area contributed by atoms with Crippen LogP contribution in [0.5, 0.6) is 0 Å². The molecule has 2 aliphatic rings. The first kappa shape index (κ1) is 12.3. The topological polar surface area (TPSA) is 48.1 Å². The molecule has 2 fully saturated rings. The van der Waals surface area contributed by atoms with Crippen molar-refractivity contribution in [3.05, 3.63) is 18.3 Å². The Hall–Kier alpha value is -0.740.